The Bertz CT molecular complexity index is 674. The summed E-state index contributed by atoms with van der Waals surface area (Å²) < 4.78 is 0.672. The molecule has 0 saturated heterocycles. The summed E-state index contributed by atoms with van der Waals surface area (Å²) in [6.07, 6.45) is 3.93. The first kappa shape index (κ1) is 18.7. The van der Waals surface area contributed by atoms with Crippen molar-refractivity contribution in [2.45, 2.75) is 26.4 Å². The van der Waals surface area contributed by atoms with Crippen molar-refractivity contribution < 1.29 is 5.11 Å². The number of guanidine groups is 1. The summed E-state index contributed by atoms with van der Waals surface area (Å²) >= 11 is 7.28. The first-order valence-electron chi connectivity index (χ1n) is 7.95. The van der Waals surface area contributed by atoms with Gasteiger partial charge in [-0.3, -0.25) is 9.98 Å². The van der Waals surface area contributed by atoms with Crippen molar-refractivity contribution in [3.05, 3.63) is 50.9 Å². The van der Waals surface area contributed by atoms with Crippen LogP contribution in [0.25, 0.3) is 0 Å². The van der Waals surface area contributed by atoms with Crippen molar-refractivity contribution in [1.82, 2.24) is 15.6 Å². The van der Waals surface area contributed by atoms with E-state index in [1.807, 2.05) is 31.5 Å². The van der Waals surface area contributed by atoms with Crippen molar-refractivity contribution in [2.24, 2.45) is 4.99 Å². The fourth-order valence-electron chi connectivity index (χ4n) is 2.22. The van der Waals surface area contributed by atoms with Gasteiger partial charge < -0.3 is 15.7 Å². The molecule has 3 N–H and O–H groups in total. The maximum atomic E-state index is 10.2. The van der Waals surface area contributed by atoms with Crippen LogP contribution >= 0.6 is 22.9 Å². The normalized spacial score (nSPS) is 12.9. The van der Waals surface area contributed by atoms with Gasteiger partial charge in [0.2, 0.25) is 0 Å². The number of pyridine rings is 1. The number of nitrogens with zero attached hydrogens (tertiary/aromatic N) is 2. The molecule has 2 rings (SSSR count). The zero-order valence-electron chi connectivity index (χ0n) is 13.9. The molecule has 0 aliphatic rings. The highest BCUT2D eigenvalue weighted by Gasteiger charge is 2.10. The van der Waals surface area contributed by atoms with Crippen LogP contribution in [-0.2, 0) is 6.42 Å². The second-order valence-electron chi connectivity index (χ2n) is 5.36. The van der Waals surface area contributed by atoms with E-state index >= 15 is 0 Å². The minimum absolute atomic E-state index is 0.292. The van der Waals surface area contributed by atoms with Crippen molar-refractivity contribution in [3.63, 3.8) is 0 Å². The molecule has 1 atom stereocenters. The Morgan fingerprint density at radius 1 is 1.38 bits per heavy atom. The molecule has 0 spiro atoms. The Balaban J connectivity index is 1.87. The number of halogens is 1. The van der Waals surface area contributed by atoms with Crippen molar-refractivity contribution in [3.8, 4) is 0 Å². The number of hydrogen-bond donors (Lipinski definition) is 3. The molecular weight excluding hydrogens is 344 g/mol. The average Bonchev–Trinajstić information content (AvgIpc) is 3.00. The molecule has 5 nitrogen and oxygen atoms in total. The third-order valence-electron chi connectivity index (χ3n) is 3.51. The van der Waals surface area contributed by atoms with E-state index < -0.39 is 6.10 Å². The second-order valence-corrected chi connectivity index (χ2v) is 7.10. The van der Waals surface area contributed by atoms with Crippen LogP contribution in [0.5, 0.6) is 0 Å². The predicted octanol–water partition coefficient (Wildman–Crippen LogP) is 2.94. The van der Waals surface area contributed by atoms with E-state index in [1.165, 1.54) is 22.5 Å². The smallest absolute Gasteiger partial charge is 0.191 e. The molecule has 24 heavy (non-hydrogen) atoms. The fourth-order valence-corrected chi connectivity index (χ4v) is 3.25. The van der Waals surface area contributed by atoms with Crippen LogP contribution in [0.4, 0.5) is 0 Å². The van der Waals surface area contributed by atoms with Crippen LogP contribution in [0.2, 0.25) is 4.34 Å². The highest BCUT2D eigenvalue weighted by Crippen LogP contribution is 2.26. The van der Waals surface area contributed by atoms with Gasteiger partial charge in [-0.05, 0) is 49.6 Å². The molecule has 0 fully saturated rings. The zero-order chi connectivity index (χ0) is 17.4. The van der Waals surface area contributed by atoms with E-state index in [0.29, 0.717) is 16.8 Å². The summed E-state index contributed by atoms with van der Waals surface area (Å²) in [4.78, 5) is 9.38. The third kappa shape index (κ3) is 5.78. The number of aliphatic hydroxyl groups is 1. The van der Waals surface area contributed by atoms with Crippen LogP contribution in [-0.4, -0.2) is 35.7 Å². The molecule has 0 saturated carbocycles. The van der Waals surface area contributed by atoms with Gasteiger partial charge in [-0.25, -0.2) is 0 Å². The minimum Gasteiger partial charge on any atom is -0.386 e. The lowest BCUT2D eigenvalue weighted by atomic mass is 10.1. The molecule has 0 aliphatic carbocycles. The molecule has 7 heteroatoms. The predicted molar refractivity (Wildman–Crippen MR) is 101 cm³/mol. The summed E-state index contributed by atoms with van der Waals surface area (Å²) in [5, 5.41) is 16.7. The number of thiophene rings is 1. The fraction of sp³-hybridized carbons (Fsp3) is 0.412. The molecular formula is C17H23ClN4OS. The van der Waals surface area contributed by atoms with Crippen LogP contribution < -0.4 is 10.6 Å². The Morgan fingerprint density at radius 2 is 2.21 bits per heavy atom. The van der Waals surface area contributed by atoms with Gasteiger partial charge in [0.25, 0.3) is 0 Å². The molecule has 1 unspecified atom stereocenters. The maximum absolute atomic E-state index is 10.2. The van der Waals surface area contributed by atoms with E-state index in [9.17, 15) is 5.11 Å². The molecule has 130 valence electrons. The maximum Gasteiger partial charge on any atom is 0.191 e. The molecule has 0 aromatic carbocycles. The Kier molecular flexibility index (Phi) is 7.49. The van der Waals surface area contributed by atoms with Gasteiger partial charge in [-0.15, -0.1) is 11.3 Å². The standard InChI is InChI=1S/C17H23ClN4OS/c1-3-20-17(21-9-7-13-6-8-19-10-12(13)2)22-11-14(23)15-4-5-16(18)24-15/h4-6,8,10,14,23H,3,7,9,11H2,1-2H3,(H2,20,21,22). The van der Waals surface area contributed by atoms with Crippen molar-refractivity contribution in [2.75, 3.05) is 19.6 Å². The summed E-state index contributed by atoms with van der Waals surface area (Å²) in [6.45, 7) is 5.89. The van der Waals surface area contributed by atoms with Crippen LogP contribution in [0, 0.1) is 6.92 Å². The molecule has 0 bridgehead atoms. The lowest BCUT2D eigenvalue weighted by molar-refractivity contribution is 0.191. The van der Waals surface area contributed by atoms with Gasteiger partial charge in [0, 0.05) is 30.4 Å². The summed E-state index contributed by atoms with van der Waals surface area (Å²) in [5.41, 5.74) is 2.45. The SMILES string of the molecule is CCNC(=NCC(O)c1ccc(Cl)s1)NCCc1ccncc1C. The highest BCUT2D eigenvalue weighted by atomic mass is 35.5. The van der Waals surface area contributed by atoms with Crippen molar-refractivity contribution in [1.29, 1.82) is 0 Å². The van der Waals surface area contributed by atoms with Gasteiger partial charge in [0.1, 0.15) is 6.10 Å². The van der Waals surface area contributed by atoms with Crippen LogP contribution in [0.3, 0.4) is 0 Å². The lowest BCUT2D eigenvalue weighted by Crippen LogP contribution is -2.38. The monoisotopic (exact) mass is 366 g/mol. The Labute approximate surface area is 151 Å². The number of aliphatic hydroxyl groups excluding tert-OH is 1. The lowest BCUT2D eigenvalue weighted by Gasteiger charge is -2.13. The Hall–Kier alpha value is -1.63. The van der Waals surface area contributed by atoms with E-state index in [4.69, 9.17) is 11.6 Å². The summed E-state index contributed by atoms with van der Waals surface area (Å²) in [6, 6.07) is 5.65. The number of aliphatic imine (C=N–C) groups is 1. The molecule has 0 aliphatic heterocycles. The van der Waals surface area contributed by atoms with Crippen molar-refractivity contribution >= 4 is 28.9 Å². The molecule has 2 aromatic rings. The number of hydrogen-bond acceptors (Lipinski definition) is 4. The highest BCUT2D eigenvalue weighted by molar-refractivity contribution is 7.16. The quantitative estimate of drug-likeness (QED) is 0.520. The summed E-state index contributed by atoms with van der Waals surface area (Å²) in [7, 11) is 0. The number of aryl methyl sites for hydroxylation is 1. The number of nitrogens with one attached hydrogen (secondary N) is 2. The van der Waals surface area contributed by atoms with Gasteiger partial charge in [0.05, 0.1) is 10.9 Å². The van der Waals surface area contributed by atoms with E-state index in [-0.39, 0.29) is 0 Å². The van der Waals surface area contributed by atoms with Gasteiger partial charge in [0.15, 0.2) is 5.96 Å². The number of rotatable bonds is 7. The van der Waals surface area contributed by atoms with Gasteiger partial charge >= 0.3 is 0 Å². The molecule has 2 heterocycles. The van der Waals surface area contributed by atoms with Gasteiger partial charge in [-0.1, -0.05) is 11.6 Å². The largest absolute Gasteiger partial charge is 0.386 e. The first-order valence-corrected chi connectivity index (χ1v) is 9.14. The minimum atomic E-state index is -0.639. The summed E-state index contributed by atoms with van der Waals surface area (Å²) in [5.74, 6) is 0.700. The molecule has 0 radical (unpaired) electrons. The topological polar surface area (TPSA) is 69.5 Å². The second kappa shape index (κ2) is 9.61. The van der Waals surface area contributed by atoms with Gasteiger partial charge in [-0.2, -0.15) is 0 Å². The van der Waals surface area contributed by atoms with Crippen LogP contribution in [0.15, 0.2) is 35.6 Å². The van der Waals surface area contributed by atoms with Crippen LogP contribution in [0.1, 0.15) is 29.0 Å². The average molecular weight is 367 g/mol. The van der Waals surface area contributed by atoms with E-state index in [1.54, 1.807) is 6.07 Å². The number of aromatic nitrogens is 1. The molecule has 2 aromatic heterocycles. The Morgan fingerprint density at radius 3 is 2.88 bits per heavy atom. The zero-order valence-corrected chi connectivity index (χ0v) is 15.5. The third-order valence-corrected chi connectivity index (χ3v) is 4.84. The first-order chi connectivity index (χ1) is 11.6. The molecule has 0 amide bonds. The van der Waals surface area contributed by atoms with E-state index in [2.05, 4.69) is 27.5 Å². The van der Waals surface area contributed by atoms with E-state index in [0.717, 1.165) is 24.4 Å².